The van der Waals surface area contributed by atoms with Gasteiger partial charge in [0.1, 0.15) is 5.78 Å². The van der Waals surface area contributed by atoms with Crippen molar-refractivity contribution >= 4 is 5.78 Å². The van der Waals surface area contributed by atoms with Crippen LogP contribution in [0.2, 0.25) is 0 Å². The molecule has 1 nitrogen and oxygen atoms in total. The van der Waals surface area contributed by atoms with Gasteiger partial charge in [-0.25, -0.2) is 0 Å². The summed E-state index contributed by atoms with van der Waals surface area (Å²) in [6.45, 7) is 4.89. The summed E-state index contributed by atoms with van der Waals surface area (Å²) in [6, 6.07) is 0. The molecule has 126 valence electrons. The Kier molecular flexibility index (Phi) is 4.02. The Labute approximate surface area is 141 Å². The SMILES string of the molecule is CCCCC1=CCC2C3CCC4=C(CCC(=O)C4)C3CC[C@]12C. The third-order valence-electron chi connectivity index (χ3n) is 7.74. The van der Waals surface area contributed by atoms with Gasteiger partial charge in [0.25, 0.3) is 0 Å². The van der Waals surface area contributed by atoms with Crippen molar-refractivity contribution in [3.05, 3.63) is 22.8 Å². The molecule has 0 radical (unpaired) electrons. The summed E-state index contributed by atoms with van der Waals surface area (Å²) in [5, 5.41) is 0. The number of Topliss-reactive ketones (excluding diaryl/α,β-unsaturated/α-hetero) is 1. The molecule has 0 N–H and O–H groups in total. The number of carbonyl (C=O) groups is 1. The Balaban J connectivity index is 1.56. The summed E-state index contributed by atoms with van der Waals surface area (Å²) in [6.07, 6.45) is 16.0. The van der Waals surface area contributed by atoms with E-state index in [1.807, 2.05) is 0 Å². The highest BCUT2D eigenvalue weighted by atomic mass is 16.1. The molecule has 4 atom stereocenters. The number of rotatable bonds is 3. The van der Waals surface area contributed by atoms with Gasteiger partial charge >= 0.3 is 0 Å². The lowest BCUT2D eigenvalue weighted by molar-refractivity contribution is -0.119. The highest BCUT2D eigenvalue weighted by Crippen LogP contribution is 2.61. The third-order valence-corrected chi connectivity index (χ3v) is 7.74. The van der Waals surface area contributed by atoms with Crippen LogP contribution in [0, 0.1) is 23.2 Å². The first-order valence-electron chi connectivity index (χ1n) is 10.1. The van der Waals surface area contributed by atoms with Gasteiger partial charge in [-0.05, 0) is 74.5 Å². The van der Waals surface area contributed by atoms with E-state index >= 15 is 0 Å². The standard InChI is InChI=1S/C22H32O/c1-3-4-5-16-7-11-21-20-9-6-15-14-17(23)8-10-18(15)19(20)12-13-22(16,21)2/h7,19-21H,3-6,8-14H2,1-2H3/t19?,20?,21?,22-/m1/s1. The molecule has 23 heavy (non-hydrogen) atoms. The second-order valence-corrected chi connectivity index (χ2v) is 8.78. The van der Waals surface area contributed by atoms with Crippen molar-refractivity contribution in [2.45, 2.75) is 84.5 Å². The van der Waals surface area contributed by atoms with E-state index in [0.717, 1.165) is 37.0 Å². The van der Waals surface area contributed by atoms with Gasteiger partial charge in [-0.3, -0.25) is 4.79 Å². The minimum Gasteiger partial charge on any atom is -0.299 e. The van der Waals surface area contributed by atoms with E-state index in [4.69, 9.17) is 0 Å². The normalized spacial score (nSPS) is 39.7. The highest BCUT2D eigenvalue weighted by Gasteiger charge is 2.51. The van der Waals surface area contributed by atoms with E-state index in [1.54, 1.807) is 16.7 Å². The van der Waals surface area contributed by atoms with Crippen LogP contribution in [-0.4, -0.2) is 5.78 Å². The predicted molar refractivity (Wildman–Crippen MR) is 95.2 cm³/mol. The Morgan fingerprint density at radius 3 is 2.91 bits per heavy atom. The maximum Gasteiger partial charge on any atom is 0.137 e. The minimum absolute atomic E-state index is 0.493. The molecule has 1 heteroatoms. The fourth-order valence-electron chi connectivity index (χ4n) is 6.46. The molecule has 0 aromatic rings. The van der Waals surface area contributed by atoms with Crippen molar-refractivity contribution in [2.75, 3.05) is 0 Å². The lowest BCUT2D eigenvalue weighted by Gasteiger charge is -2.51. The van der Waals surface area contributed by atoms with E-state index in [2.05, 4.69) is 19.9 Å². The maximum atomic E-state index is 11.8. The van der Waals surface area contributed by atoms with Crippen molar-refractivity contribution in [3.63, 3.8) is 0 Å². The zero-order valence-corrected chi connectivity index (χ0v) is 15.0. The molecule has 0 amide bonds. The smallest absolute Gasteiger partial charge is 0.137 e. The second-order valence-electron chi connectivity index (χ2n) is 8.78. The van der Waals surface area contributed by atoms with Gasteiger partial charge < -0.3 is 0 Å². The molecule has 0 heterocycles. The van der Waals surface area contributed by atoms with Crippen molar-refractivity contribution in [3.8, 4) is 0 Å². The molecule has 4 rings (SSSR count). The highest BCUT2D eigenvalue weighted by molar-refractivity contribution is 5.82. The van der Waals surface area contributed by atoms with Crippen LogP contribution in [0.1, 0.15) is 84.5 Å². The van der Waals surface area contributed by atoms with Gasteiger partial charge in [-0.1, -0.05) is 43.1 Å². The number of carbonyl (C=O) groups excluding carboxylic acids is 1. The molecule has 4 aliphatic carbocycles. The van der Waals surface area contributed by atoms with E-state index < -0.39 is 0 Å². The largest absolute Gasteiger partial charge is 0.299 e. The number of hydrogen-bond acceptors (Lipinski definition) is 1. The van der Waals surface area contributed by atoms with E-state index in [0.29, 0.717) is 11.2 Å². The fourth-order valence-corrected chi connectivity index (χ4v) is 6.46. The minimum atomic E-state index is 0.493. The Hall–Kier alpha value is -0.850. The first kappa shape index (κ1) is 15.7. The average Bonchev–Trinajstić information content (AvgIpc) is 2.89. The Morgan fingerprint density at radius 2 is 2.09 bits per heavy atom. The summed E-state index contributed by atoms with van der Waals surface area (Å²) in [7, 11) is 0. The van der Waals surface area contributed by atoms with Crippen molar-refractivity contribution in [1.29, 1.82) is 0 Å². The number of unbranched alkanes of at least 4 members (excludes halogenated alkanes) is 1. The summed E-state index contributed by atoms with van der Waals surface area (Å²) >= 11 is 0. The number of allylic oxidation sites excluding steroid dienone is 4. The van der Waals surface area contributed by atoms with Crippen LogP contribution in [0.3, 0.4) is 0 Å². The van der Waals surface area contributed by atoms with E-state index in [9.17, 15) is 4.79 Å². The number of ketones is 1. The predicted octanol–water partition coefficient (Wildman–Crippen LogP) is 6.00. The molecule has 3 unspecified atom stereocenters. The zero-order valence-electron chi connectivity index (χ0n) is 15.0. The zero-order chi connectivity index (χ0) is 16.0. The molecule has 0 saturated heterocycles. The lowest BCUT2D eigenvalue weighted by Crippen LogP contribution is -2.43. The molecule has 1 saturated carbocycles. The lowest BCUT2D eigenvalue weighted by atomic mass is 9.53. The first-order valence-corrected chi connectivity index (χ1v) is 10.1. The van der Waals surface area contributed by atoms with Crippen LogP contribution in [0.25, 0.3) is 0 Å². The number of hydrogen-bond donors (Lipinski definition) is 0. The van der Waals surface area contributed by atoms with Crippen LogP contribution in [-0.2, 0) is 4.79 Å². The van der Waals surface area contributed by atoms with Crippen molar-refractivity contribution < 1.29 is 4.79 Å². The topological polar surface area (TPSA) is 17.1 Å². The molecular formula is C22H32O. The van der Waals surface area contributed by atoms with E-state index in [-0.39, 0.29) is 0 Å². The van der Waals surface area contributed by atoms with Gasteiger partial charge in [-0.15, -0.1) is 0 Å². The van der Waals surface area contributed by atoms with Gasteiger partial charge in [0.05, 0.1) is 0 Å². The van der Waals surface area contributed by atoms with Gasteiger partial charge in [0, 0.05) is 12.8 Å². The van der Waals surface area contributed by atoms with Gasteiger partial charge in [0.15, 0.2) is 0 Å². The van der Waals surface area contributed by atoms with Crippen LogP contribution in [0.4, 0.5) is 0 Å². The van der Waals surface area contributed by atoms with Gasteiger partial charge in [-0.2, -0.15) is 0 Å². The molecule has 0 aliphatic heterocycles. The summed E-state index contributed by atoms with van der Waals surface area (Å²) in [4.78, 5) is 11.8. The summed E-state index contributed by atoms with van der Waals surface area (Å²) in [5.74, 6) is 3.10. The van der Waals surface area contributed by atoms with Gasteiger partial charge in [0.2, 0.25) is 0 Å². The van der Waals surface area contributed by atoms with Crippen LogP contribution in [0.15, 0.2) is 22.8 Å². The maximum absolute atomic E-state index is 11.8. The molecule has 0 bridgehead atoms. The average molecular weight is 312 g/mol. The van der Waals surface area contributed by atoms with Crippen LogP contribution in [0.5, 0.6) is 0 Å². The number of fused-ring (bicyclic) bond motifs is 4. The van der Waals surface area contributed by atoms with Crippen molar-refractivity contribution in [1.82, 2.24) is 0 Å². The molecular weight excluding hydrogens is 280 g/mol. The Bertz CT molecular complexity index is 567. The van der Waals surface area contributed by atoms with Crippen LogP contribution >= 0.6 is 0 Å². The van der Waals surface area contributed by atoms with Crippen molar-refractivity contribution in [2.24, 2.45) is 23.2 Å². The third kappa shape index (κ3) is 2.46. The molecule has 4 aliphatic rings. The first-order chi connectivity index (χ1) is 11.1. The van der Waals surface area contributed by atoms with E-state index in [1.165, 1.54) is 51.4 Å². The molecule has 0 aromatic carbocycles. The fraction of sp³-hybridized carbons (Fsp3) is 0.773. The molecule has 0 spiro atoms. The summed E-state index contributed by atoms with van der Waals surface area (Å²) in [5.41, 5.74) is 5.59. The quantitative estimate of drug-likeness (QED) is 0.584. The molecule has 0 aromatic heterocycles. The monoisotopic (exact) mass is 312 g/mol. The Morgan fingerprint density at radius 1 is 1.22 bits per heavy atom. The molecule has 1 fully saturated rings. The van der Waals surface area contributed by atoms with Crippen LogP contribution < -0.4 is 0 Å². The second kappa shape index (κ2) is 5.90. The summed E-state index contributed by atoms with van der Waals surface area (Å²) < 4.78 is 0.